The van der Waals surface area contributed by atoms with Gasteiger partial charge in [0.25, 0.3) is 5.56 Å². The van der Waals surface area contributed by atoms with E-state index in [1.807, 2.05) is 6.92 Å². The molecule has 0 saturated heterocycles. The highest BCUT2D eigenvalue weighted by molar-refractivity contribution is 7.88. The first-order valence-electron chi connectivity index (χ1n) is 15.1. The van der Waals surface area contributed by atoms with Gasteiger partial charge in [0.2, 0.25) is 15.9 Å². The summed E-state index contributed by atoms with van der Waals surface area (Å²) < 4.78 is 87.6. The fourth-order valence-electron chi connectivity index (χ4n) is 5.22. The molecule has 258 valence electrons. The molecular weight excluding hydrogens is 654 g/mol. The first-order valence-corrected chi connectivity index (χ1v) is 17.0. The molecule has 1 N–H and O–H groups in total. The molecule has 0 spiro atoms. The molecule has 15 heteroatoms. The molecule has 0 bridgehead atoms. The molecule has 1 unspecified atom stereocenters. The standard InChI is InChI=1S/C33H37F4N5O5S/c1-5-47-24-13-11-23(12-14-24)42-31(39-28-9-7-6-8-25(28)32(42)44)29(16-17-38-48(4,45)46)41(19-18-40(2)3)30(43)21-22-10-15-26(27(34)20-22)33(35,36)37/h6-15,20,29,38H,5,16-19,21H2,1-4H3. The Morgan fingerprint density at radius 2 is 1.73 bits per heavy atom. The minimum absolute atomic E-state index is 0.00346. The molecule has 1 aromatic heterocycles. The van der Waals surface area contributed by atoms with Crippen molar-refractivity contribution in [1.82, 2.24) is 24.1 Å². The van der Waals surface area contributed by atoms with Crippen molar-refractivity contribution in [2.75, 3.05) is 46.6 Å². The van der Waals surface area contributed by atoms with Crippen LogP contribution in [0.2, 0.25) is 0 Å². The van der Waals surface area contributed by atoms with Crippen LogP contribution in [0, 0.1) is 5.82 Å². The third kappa shape index (κ3) is 9.17. The average Bonchev–Trinajstić information content (AvgIpc) is 2.99. The Morgan fingerprint density at radius 3 is 2.33 bits per heavy atom. The van der Waals surface area contributed by atoms with Gasteiger partial charge in [-0.15, -0.1) is 0 Å². The quantitative estimate of drug-likeness (QED) is 0.193. The van der Waals surface area contributed by atoms with Crippen molar-refractivity contribution in [3.8, 4) is 11.4 Å². The van der Waals surface area contributed by atoms with Crippen LogP contribution in [-0.4, -0.2) is 80.3 Å². The predicted octanol–water partition coefficient (Wildman–Crippen LogP) is 4.56. The van der Waals surface area contributed by atoms with E-state index in [-0.39, 0.29) is 30.9 Å². The number of carbonyl (C=O) groups excluding carboxylic acids is 1. The van der Waals surface area contributed by atoms with Crippen LogP contribution in [0.3, 0.4) is 0 Å². The maximum Gasteiger partial charge on any atom is 0.419 e. The lowest BCUT2D eigenvalue weighted by atomic mass is 10.0. The van der Waals surface area contributed by atoms with Crippen molar-refractivity contribution in [1.29, 1.82) is 0 Å². The number of aromatic nitrogens is 2. The lowest BCUT2D eigenvalue weighted by molar-refractivity contribution is -0.140. The van der Waals surface area contributed by atoms with Gasteiger partial charge in [0.05, 0.1) is 47.5 Å². The number of fused-ring (bicyclic) bond motifs is 1. The molecule has 0 aliphatic heterocycles. The van der Waals surface area contributed by atoms with Crippen molar-refractivity contribution in [2.24, 2.45) is 0 Å². The Morgan fingerprint density at radius 1 is 1.04 bits per heavy atom. The molecule has 0 radical (unpaired) electrons. The van der Waals surface area contributed by atoms with Gasteiger partial charge >= 0.3 is 6.18 Å². The lowest BCUT2D eigenvalue weighted by Crippen LogP contribution is -2.43. The number of para-hydroxylation sites is 1. The zero-order chi connectivity index (χ0) is 35.2. The minimum Gasteiger partial charge on any atom is -0.494 e. The Labute approximate surface area is 276 Å². The van der Waals surface area contributed by atoms with Gasteiger partial charge in [-0.25, -0.2) is 22.5 Å². The van der Waals surface area contributed by atoms with Gasteiger partial charge < -0.3 is 14.5 Å². The molecule has 4 aromatic rings. The van der Waals surface area contributed by atoms with Gasteiger partial charge in [-0.3, -0.25) is 14.2 Å². The van der Waals surface area contributed by atoms with Crippen molar-refractivity contribution in [2.45, 2.75) is 32.0 Å². The predicted molar refractivity (Wildman–Crippen MR) is 174 cm³/mol. The number of halogens is 4. The summed E-state index contributed by atoms with van der Waals surface area (Å²) in [5.74, 6) is -1.42. The molecule has 0 aliphatic rings. The second-order valence-corrected chi connectivity index (χ2v) is 13.2. The van der Waals surface area contributed by atoms with Gasteiger partial charge in [-0.1, -0.05) is 18.2 Å². The molecule has 0 aliphatic carbocycles. The third-order valence-electron chi connectivity index (χ3n) is 7.47. The topological polar surface area (TPSA) is 114 Å². The van der Waals surface area contributed by atoms with E-state index in [1.54, 1.807) is 67.5 Å². The number of nitrogens with one attached hydrogen (secondary N) is 1. The summed E-state index contributed by atoms with van der Waals surface area (Å²) in [7, 11) is -0.105. The number of ether oxygens (including phenoxy) is 1. The van der Waals surface area contributed by atoms with E-state index in [1.165, 1.54) is 9.47 Å². The molecule has 0 fully saturated rings. The average molecular weight is 692 g/mol. The Balaban J connectivity index is 1.90. The van der Waals surface area contributed by atoms with Crippen LogP contribution in [0.1, 0.15) is 36.3 Å². The molecule has 1 heterocycles. The highest BCUT2D eigenvalue weighted by Gasteiger charge is 2.35. The van der Waals surface area contributed by atoms with Crippen molar-refractivity contribution >= 4 is 26.8 Å². The number of hydrogen-bond acceptors (Lipinski definition) is 7. The van der Waals surface area contributed by atoms with Crippen LogP contribution in [0.4, 0.5) is 17.6 Å². The first kappa shape index (κ1) is 36.5. The van der Waals surface area contributed by atoms with Crippen LogP contribution in [0.25, 0.3) is 16.6 Å². The Kier molecular flexibility index (Phi) is 11.6. The molecule has 10 nitrogen and oxygen atoms in total. The normalized spacial score (nSPS) is 12.8. The summed E-state index contributed by atoms with van der Waals surface area (Å²) >= 11 is 0. The molecule has 1 amide bonds. The zero-order valence-electron chi connectivity index (χ0n) is 26.9. The van der Waals surface area contributed by atoms with Crippen LogP contribution >= 0.6 is 0 Å². The second-order valence-electron chi connectivity index (χ2n) is 11.4. The summed E-state index contributed by atoms with van der Waals surface area (Å²) in [4.78, 5) is 36.3. The van der Waals surface area contributed by atoms with Gasteiger partial charge in [-0.05, 0) is 81.5 Å². The number of hydrogen-bond donors (Lipinski definition) is 1. The largest absolute Gasteiger partial charge is 0.494 e. The summed E-state index contributed by atoms with van der Waals surface area (Å²) in [6, 6.07) is 14.6. The SMILES string of the molecule is CCOc1ccc(-n2c(C(CCNS(C)(=O)=O)N(CCN(C)C)C(=O)Cc3ccc(C(F)(F)F)c(F)c3)nc3ccccc3c2=O)cc1. The van der Waals surface area contributed by atoms with Crippen molar-refractivity contribution in [3.63, 3.8) is 0 Å². The summed E-state index contributed by atoms with van der Waals surface area (Å²) in [5, 5.41) is 0.301. The number of rotatable bonds is 14. The van der Waals surface area contributed by atoms with E-state index < -0.39 is 51.5 Å². The monoisotopic (exact) mass is 691 g/mol. The molecule has 1 atom stereocenters. The molecule has 3 aromatic carbocycles. The van der Waals surface area contributed by atoms with Gasteiger partial charge in [0, 0.05) is 19.6 Å². The molecule has 0 saturated carbocycles. The van der Waals surface area contributed by atoms with Gasteiger partial charge in [0.1, 0.15) is 17.4 Å². The van der Waals surface area contributed by atoms with Crippen LogP contribution in [-0.2, 0) is 27.4 Å². The van der Waals surface area contributed by atoms with Crippen molar-refractivity contribution in [3.05, 3.63) is 99.9 Å². The smallest absolute Gasteiger partial charge is 0.419 e. The Hall–Kier alpha value is -4.34. The Bertz CT molecular complexity index is 1910. The van der Waals surface area contributed by atoms with Gasteiger partial charge in [-0.2, -0.15) is 13.2 Å². The van der Waals surface area contributed by atoms with Crippen molar-refractivity contribution < 1.29 is 35.5 Å². The summed E-state index contributed by atoms with van der Waals surface area (Å²) in [6.45, 7) is 2.49. The minimum atomic E-state index is -4.91. The third-order valence-corrected chi connectivity index (χ3v) is 8.20. The molecule has 4 rings (SSSR count). The molecular formula is C33H37F4N5O5S. The van der Waals surface area contributed by atoms with E-state index >= 15 is 0 Å². The maximum absolute atomic E-state index is 14.5. The number of amides is 1. The number of likely N-dealkylation sites (N-methyl/N-ethyl adjacent to an activating group) is 1. The summed E-state index contributed by atoms with van der Waals surface area (Å²) in [6.07, 6.45) is -4.43. The zero-order valence-corrected chi connectivity index (χ0v) is 27.7. The van der Waals surface area contributed by atoms with Crippen LogP contribution in [0.15, 0.2) is 71.5 Å². The molecule has 48 heavy (non-hydrogen) atoms. The van der Waals surface area contributed by atoms with E-state index in [2.05, 4.69) is 4.72 Å². The maximum atomic E-state index is 14.5. The van der Waals surface area contributed by atoms with Gasteiger partial charge in [0.15, 0.2) is 0 Å². The number of benzene rings is 3. The second kappa shape index (κ2) is 15.3. The number of sulfonamides is 1. The van der Waals surface area contributed by atoms with Crippen LogP contribution in [0.5, 0.6) is 5.75 Å². The highest BCUT2D eigenvalue weighted by Crippen LogP contribution is 2.32. The van der Waals surface area contributed by atoms with E-state index in [0.29, 0.717) is 47.6 Å². The first-order chi connectivity index (χ1) is 22.6. The number of alkyl halides is 3. The fourth-order valence-corrected chi connectivity index (χ4v) is 5.71. The number of nitrogens with zero attached hydrogens (tertiary/aromatic N) is 4. The fraction of sp³-hybridized carbons (Fsp3) is 0.364. The lowest BCUT2D eigenvalue weighted by Gasteiger charge is -2.34. The van der Waals surface area contributed by atoms with E-state index in [9.17, 15) is 35.6 Å². The van der Waals surface area contributed by atoms with E-state index in [4.69, 9.17) is 9.72 Å². The number of carbonyl (C=O) groups is 1. The summed E-state index contributed by atoms with van der Waals surface area (Å²) in [5.41, 5.74) is -1.14. The van der Waals surface area contributed by atoms with Crippen LogP contribution < -0.4 is 15.0 Å². The highest BCUT2D eigenvalue weighted by atomic mass is 32.2. The van der Waals surface area contributed by atoms with E-state index in [0.717, 1.165) is 12.3 Å².